The van der Waals surface area contributed by atoms with Crippen molar-refractivity contribution in [3.8, 4) is 11.3 Å². The van der Waals surface area contributed by atoms with Gasteiger partial charge in [-0.3, -0.25) is 0 Å². The second kappa shape index (κ2) is 7.51. The third-order valence-electron chi connectivity index (χ3n) is 4.44. The Morgan fingerprint density at radius 2 is 1.63 bits per heavy atom. The van der Waals surface area contributed by atoms with E-state index in [1.807, 2.05) is 0 Å². The van der Waals surface area contributed by atoms with Crippen molar-refractivity contribution >= 4 is 5.97 Å². The predicted octanol–water partition coefficient (Wildman–Crippen LogP) is 5.49. The van der Waals surface area contributed by atoms with Crippen LogP contribution < -0.4 is 0 Å². The summed E-state index contributed by atoms with van der Waals surface area (Å²) in [7, 11) is 0. The number of carbonyl (C=O) groups is 1. The Balaban J connectivity index is 2.35. The molecule has 3 rings (SSSR count). The molecule has 1 aliphatic rings. The highest BCUT2D eigenvalue weighted by Crippen LogP contribution is 2.53. The minimum atomic E-state index is -6.58. The second-order valence-electron chi connectivity index (χ2n) is 6.66. The minimum absolute atomic E-state index is 0.0669. The monoisotopic (exact) mass is 436 g/mol. The lowest BCUT2D eigenvalue weighted by molar-refractivity contribution is -0.360. The smallest absolute Gasteiger partial charge is 0.460 e. The molecule has 0 N–H and O–H groups in total. The third kappa shape index (κ3) is 3.72. The molecule has 1 heterocycles. The number of rotatable bonds is 6. The van der Waals surface area contributed by atoms with Gasteiger partial charge in [0.25, 0.3) is 0 Å². The first-order valence-corrected chi connectivity index (χ1v) is 8.89. The van der Waals surface area contributed by atoms with Gasteiger partial charge < -0.3 is 4.74 Å². The van der Waals surface area contributed by atoms with E-state index in [-0.39, 0.29) is 18.0 Å². The lowest BCUT2D eigenvalue weighted by Gasteiger charge is -2.29. The van der Waals surface area contributed by atoms with Gasteiger partial charge >= 0.3 is 24.0 Å². The van der Waals surface area contributed by atoms with Crippen molar-refractivity contribution in [2.24, 2.45) is 0 Å². The van der Waals surface area contributed by atoms with Crippen molar-refractivity contribution in [3.05, 3.63) is 47.4 Å². The molecule has 0 atom stereocenters. The molecule has 1 aromatic heterocycles. The summed E-state index contributed by atoms with van der Waals surface area (Å²) in [6.45, 7) is 0.986. The van der Waals surface area contributed by atoms with Gasteiger partial charge in [0.1, 0.15) is 17.1 Å². The van der Waals surface area contributed by atoms with E-state index in [4.69, 9.17) is 0 Å². The Hall–Kier alpha value is -2.72. The quantitative estimate of drug-likeness (QED) is 0.444. The first-order valence-electron chi connectivity index (χ1n) is 8.89. The van der Waals surface area contributed by atoms with Crippen LogP contribution in [0.15, 0.2) is 30.3 Å². The van der Waals surface area contributed by atoms with Gasteiger partial charge in [-0.05, 0) is 19.8 Å². The Bertz CT molecular complexity index is 942. The molecule has 1 saturated carbocycles. The molecule has 0 amide bonds. The summed E-state index contributed by atoms with van der Waals surface area (Å²) < 4.78 is 100. The summed E-state index contributed by atoms with van der Waals surface area (Å²) in [5.41, 5.74) is -3.64. The zero-order valence-corrected chi connectivity index (χ0v) is 15.4. The minimum Gasteiger partial charge on any atom is -0.462 e. The number of aromatic nitrogens is 2. The molecule has 0 spiro atoms. The molecule has 1 aromatic carbocycles. The standard InChI is InChI=1S/C19H15F7N2O2/c1-2-30-16(29)12-13(10-6-4-3-5-7-10)27-15(11-8-9-11)28-14(12)17(20,21)18(22,23)19(24,25)26/h3-7,11H,2,8-9H2,1H3. The molecule has 0 radical (unpaired) electrons. The Kier molecular flexibility index (Phi) is 5.50. The van der Waals surface area contributed by atoms with E-state index in [2.05, 4.69) is 14.7 Å². The van der Waals surface area contributed by atoms with Gasteiger partial charge in [0.15, 0.2) is 0 Å². The molecule has 0 aliphatic heterocycles. The van der Waals surface area contributed by atoms with Gasteiger partial charge in [0, 0.05) is 11.5 Å². The van der Waals surface area contributed by atoms with Crippen LogP contribution in [0.4, 0.5) is 30.7 Å². The van der Waals surface area contributed by atoms with Crippen LogP contribution in [-0.2, 0) is 10.7 Å². The fourth-order valence-corrected chi connectivity index (χ4v) is 2.76. The summed E-state index contributed by atoms with van der Waals surface area (Å²) in [5, 5.41) is 0. The van der Waals surface area contributed by atoms with E-state index >= 15 is 0 Å². The first-order chi connectivity index (χ1) is 13.9. The molecule has 11 heteroatoms. The van der Waals surface area contributed by atoms with Gasteiger partial charge in [-0.15, -0.1) is 0 Å². The number of halogens is 7. The normalized spacial score (nSPS) is 15.2. The zero-order valence-electron chi connectivity index (χ0n) is 15.4. The molecule has 0 bridgehead atoms. The van der Waals surface area contributed by atoms with Gasteiger partial charge in [-0.2, -0.15) is 30.7 Å². The van der Waals surface area contributed by atoms with Gasteiger partial charge in [-0.25, -0.2) is 14.8 Å². The van der Waals surface area contributed by atoms with Crippen LogP contribution in [0.1, 0.15) is 47.6 Å². The van der Waals surface area contributed by atoms with Crippen LogP contribution in [0.5, 0.6) is 0 Å². The molecule has 0 saturated heterocycles. The largest absolute Gasteiger partial charge is 0.462 e. The molecule has 0 unspecified atom stereocenters. The molecular formula is C19H15F7N2O2. The van der Waals surface area contributed by atoms with Crippen LogP contribution in [0.3, 0.4) is 0 Å². The van der Waals surface area contributed by atoms with Crippen molar-refractivity contribution in [2.45, 2.75) is 43.7 Å². The summed E-state index contributed by atoms with van der Waals surface area (Å²) in [4.78, 5) is 19.8. The summed E-state index contributed by atoms with van der Waals surface area (Å²) in [6.07, 6.45) is -5.68. The van der Waals surface area contributed by atoms with Crippen molar-refractivity contribution in [1.82, 2.24) is 9.97 Å². The first kappa shape index (κ1) is 22.0. The number of ether oxygens (including phenoxy) is 1. The van der Waals surface area contributed by atoms with E-state index in [0.717, 1.165) is 0 Å². The number of hydrogen-bond donors (Lipinski definition) is 0. The van der Waals surface area contributed by atoms with E-state index in [9.17, 15) is 35.5 Å². The van der Waals surface area contributed by atoms with Crippen LogP contribution in [0.2, 0.25) is 0 Å². The molecule has 2 aromatic rings. The summed E-state index contributed by atoms with van der Waals surface area (Å²) >= 11 is 0. The highest BCUT2D eigenvalue weighted by atomic mass is 19.4. The van der Waals surface area contributed by atoms with Crippen molar-refractivity contribution in [2.75, 3.05) is 6.61 Å². The van der Waals surface area contributed by atoms with Crippen LogP contribution >= 0.6 is 0 Å². The number of benzene rings is 1. The average Bonchev–Trinajstić information content (AvgIpc) is 3.52. The topological polar surface area (TPSA) is 52.1 Å². The Labute approximate surface area is 166 Å². The Morgan fingerprint density at radius 1 is 1.03 bits per heavy atom. The van der Waals surface area contributed by atoms with Gasteiger partial charge in [0.2, 0.25) is 0 Å². The highest BCUT2D eigenvalue weighted by molar-refractivity contribution is 5.97. The van der Waals surface area contributed by atoms with Crippen molar-refractivity contribution < 1.29 is 40.3 Å². The summed E-state index contributed by atoms with van der Waals surface area (Å²) in [6, 6.07) is 7.19. The van der Waals surface area contributed by atoms with Gasteiger partial charge in [0.05, 0.1) is 12.3 Å². The SMILES string of the molecule is CCOC(=O)c1c(-c2ccccc2)nc(C2CC2)nc1C(F)(F)C(F)(F)C(F)(F)F. The number of alkyl halides is 7. The maximum Gasteiger partial charge on any atom is 0.460 e. The predicted molar refractivity (Wildman–Crippen MR) is 90.3 cm³/mol. The maximum atomic E-state index is 14.7. The highest BCUT2D eigenvalue weighted by Gasteiger charge is 2.75. The fourth-order valence-electron chi connectivity index (χ4n) is 2.76. The lowest BCUT2D eigenvalue weighted by atomic mass is 9.97. The molecule has 30 heavy (non-hydrogen) atoms. The fraction of sp³-hybridized carbons (Fsp3) is 0.421. The summed E-state index contributed by atoms with van der Waals surface area (Å²) in [5.74, 6) is -14.6. The number of nitrogens with zero attached hydrogens (tertiary/aromatic N) is 2. The molecular weight excluding hydrogens is 421 g/mol. The van der Waals surface area contributed by atoms with E-state index < -0.39 is 46.9 Å². The molecule has 162 valence electrons. The van der Waals surface area contributed by atoms with Gasteiger partial charge in [-0.1, -0.05) is 30.3 Å². The molecule has 1 fully saturated rings. The van der Waals surface area contributed by atoms with Crippen LogP contribution in [0.25, 0.3) is 11.3 Å². The number of esters is 1. The zero-order chi connectivity index (χ0) is 22.3. The average molecular weight is 436 g/mol. The van der Waals surface area contributed by atoms with Crippen LogP contribution in [0, 0.1) is 0 Å². The third-order valence-corrected chi connectivity index (χ3v) is 4.44. The van der Waals surface area contributed by atoms with E-state index in [1.165, 1.54) is 31.2 Å². The molecule has 1 aliphatic carbocycles. The number of carbonyl (C=O) groups excluding carboxylic acids is 1. The molecule has 4 nitrogen and oxygen atoms in total. The van der Waals surface area contributed by atoms with Crippen LogP contribution in [-0.4, -0.2) is 34.6 Å². The van der Waals surface area contributed by atoms with Crippen molar-refractivity contribution in [3.63, 3.8) is 0 Å². The second-order valence-corrected chi connectivity index (χ2v) is 6.66. The van der Waals surface area contributed by atoms with Crippen molar-refractivity contribution in [1.29, 1.82) is 0 Å². The lowest BCUT2D eigenvalue weighted by Crippen LogP contribution is -2.51. The Morgan fingerprint density at radius 3 is 2.13 bits per heavy atom. The van der Waals surface area contributed by atoms with E-state index in [1.54, 1.807) is 6.07 Å². The number of hydrogen-bond acceptors (Lipinski definition) is 4. The van der Waals surface area contributed by atoms with E-state index in [0.29, 0.717) is 12.8 Å². The maximum absolute atomic E-state index is 14.7.